The molecular weight excluding hydrogens is 509 g/mol. The summed E-state index contributed by atoms with van der Waals surface area (Å²) in [5.41, 5.74) is 1.19. The summed E-state index contributed by atoms with van der Waals surface area (Å²) in [4.78, 5) is 17.2. The summed E-state index contributed by atoms with van der Waals surface area (Å²) in [6, 6.07) is 20.2. The zero-order valence-corrected chi connectivity index (χ0v) is 21.4. The SMILES string of the molecule is COc1ccc(Cl)cc1N(CC(=O)N1CCN(c2cccc(Cl)c2)CC1)S(=O)(=O)c1ccccc1. The molecule has 3 aromatic carbocycles. The third-order valence-electron chi connectivity index (χ3n) is 5.83. The number of methoxy groups -OCH3 is 1. The maximum atomic E-state index is 13.6. The van der Waals surface area contributed by atoms with Crippen molar-refractivity contribution >= 4 is 50.5 Å². The van der Waals surface area contributed by atoms with E-state index in [-0.39, 0.29) is 23.0 Å². The van der Waals surface area contributed by atoms with Crippen LogP contribution in [0.3, 0.4) is 0 Å². The number of ether oxygens (including phenoxy) is 1. The van der Waals surface area contributed by atoms with Gasteiger partial charge in [0, 0.05) is 41.9 Å². The van der Waals surface area contributed by atoms with E-state index in [4.69, 9.17) is 27.9 Å². The van der Waals surface area contributed by atoms with Crippen molar-refractivity contribution in [2.45, 2.75) is 4.90 Å². The molecule has 1 heterocycles. The number of nitrogens with zero attached hydrogens (tertiary/aromatic N) is 3. The largest absolute Gasteiger partial charge is 0.495 e. The predicted octanol–water partition coefficient (Wildman–Crippen LogP) is 4.55. The second-order valence-electron chi connectivity index (χ2n) is 7.99. The lowest BCUT2D eigenvalue weighted by molar-refractivity contribution is -0.129. The third-order valence-corrected chi connectivity index (χ3v) is 8.07. The van der Waals surface area contributed by atoms with Crippen molar-refractivity contribution < 1.29 is 17.9 Å². The minimum atomic E-state index is -4.07. The van der Waals surface area contributed by atoms with Gasteiger partial charge in [-0.05, 0) is 48.5 Å². The van der Waals surface area contributed by atoms with Crippen LogP contribution in [0.2, 0.25) is 10.0 Å². The first-order chi connectivity index (χ1) is 16.8. The normalized spacial score (nSPS) is 14.0. The van der Waals surface area contributed by atoms with Crippen LogP contribution in [-0.4, -0.2) is 59.1 Å². The Kier molecular flexibility index (Phi) is 7.74. The molecule has 0 spiro atoms. The summed E-state index contributed by atoms with van der Waals surface area (Å²) in [6.07, 6.45) is 0. The number of anilines is 2. The standard InChI is InChI=1S/C25H25Cl2N3O4S/c1-34-24-11-10-20(27)17-23(24)30(35(32,33)22-8-3-2-4-9-22)18-25(31)29-14-12-28(13-15-29)21-7-5-6-19(26)16-21/h2-11,16-17H,12-15,18H2,1H3. The number of halogens is 2. The Bertz CT molecular complexity index is 1300. The van der Waals surface area contributed by atoms with E-state index in [9.17, 15) is 13.2 Å². The molecule has 0 aliphatic carbocycles. The van der Waals surface area contributed by atoms with Crippen LogP contribution >= 0.6 is 23.2 Å². The molecule has 0 bridgehead atoms. The Hall–Kier alpha value is -2.94. The second kappa shape index (κ2) is 10.8. The van der Waals surface area contributed by atoms with E-state index in [1.54, 1.807) is 35.2 Å². The first kappa shape index (κ1) is 25.2. The highest BCUT2D eigenvalue weighted by molar-refractivity contribution is 7.92. The molecule has 1 aliphatic heterocycles. The van der Waals surface area contributed by atoms with Crippen molar-refractivity contribution in [1.82, 2.24) is 4.90 Å². The van der Waals surface area contributed by atoms with Crippen LogP contribution in [0.5, 0.6) is 5.75 Å². The Labute approximate surface area is 215 Å². The average Bonchev–Trinajstić information content (AvgIpc) is 2.87. The van der Waals surface area contributed by atoms with Crippen LogP contribution in [0.25, 0.3) is 0 Å². The summed E-state index contributed by atoms with van der Waals surface area (Å²) in [5.74, 6) is -0.00948. The van der Waals surface area contributed by atoms with Gasteiger partial charge in [0.05, 0.1) is 17.7 Å². The molecular formula is C25H25Cl2N3O4S. The number of piperazine rings is 1. The average molecular weight is 534 g/mol. The quantitative estimate of drug-likeness (QED) is 0.445. The molecule has 3 aromatic rings. The zero-order chi connectivity index (χ0) is 25.0. The summed E-state index contributed by atoms with van der Waals surface area (Å²) in [7, 11) is -2.63. The fourth-order valence-corrected chi connectivity index (χ4v) is 5.78. The van der Waals surface area contributed by atoms with Gasteiger partial charge in [0.15, 0.2) is 0 Å². The van der Waals surface area contributed by atoms with Gasteiger partial charge in [-0.1, -0.05) is 47.5 Å². The first-order valence-electron chi connectivity index (χ1n) is 11.0. The highest BCUT2D eigenvalue weighted by Gasteiger charge is 2.32. The van der Waals surface area contributed by atoms with E-state index < -0.39 is 10.0 Å². The van der Waals surface area contributed by atoms with Gasteiger partial charge >= 0.3 is 0 Å². The predicted molar refractivity (Wildman–Crippen MR) is 139 cm³/mol. The number of carbonyl (C=O) groups excluding carboxylic acids is 1. The van der Waals surface area contributed by atoms with E-state index in [0.29, 0.717) is 42.0 Å². The lowest BCUT2D eigenvalue weighted by Gasteiger charge is -2.37. The molecule has 10 heteroatoms. The summed E-state index contributed by atoms with van der Waals surface area (Å²) >= 11 is 12.3. The van der Waals surface area contributed by atoms with Gasteiger partial charge < -0.3 is 14.5 Å². The van der Waals surface area contributed by atoms with Crippen molar-refractivity contribution in [2.24, 2.45) is 0 Å². The van der Waals surface area contributed by atoms with Crippen molar-refractivity contribution in [1.29, 1.82) is 0 Å². The van der Waals surface area contributed by atoms with Crippen LogP contribution in [0.15, 0.2) is 77.7 Å². The first-order valence-corrected chi connectivity index (χ1v) is 13.2. The molecule has 0 unspecified atom stereocenters. The Balaban J connectivity index is 1.58. The number of benzene rings is 3. The summed E-state index contributed by atoms with van der Waals surface area (Å²) < 4.78 is 33.7. The van der Waals surface area contributed by atoms with E-state index in [2.05, 4.69) is 4.90 Å². The second-order valence-corrected chi connectivity index (χ2v) is 10.7. The van der Waals surface area contributed by atoms with E-state index in [0.717, 1.165) is 9.99 Å². The molecule has 0 radical (unpaired) electrons. The molecule has 1 aliphatic rings. The smallest absolute Gasteiger partial charge is 0.264 e. The molecule has 0 N–H and O–H groups in total. The Morgan fingerprint density at radius 1 is 0.914 bits per heavy atom. The summed E-state index contributed by atoms with van der Waals surface area (Å²) in [6.45, 7) is 1.75. The van der Waals surface area contributed by atoms with Crippen molar-refractivity contribution in [3.8, 4) is 5.75 Å². The zero-order valence-electron chi connectivity index (χ0n) is 19.1. The molecule has 184 valence electrons. The minimum absolute atomic E-state index is 0.0700. The third kappa shape index (κ3) is 5.66. The lowest BCUT2D eigenvalue weighted by Crippen LogP contribution is -2.52. The van der Waals surface area contributed by atoms with Crippen LogP contribution in [-0.2, 0) is 14.8 Å². The fourth-order valence-electron chi connectivity index (χ4n) is 3.99. The van der Waals surface area contributed by atoms with Gasteiger partial charge in [-0.25, -0.2) is 8.42 Å². The van der Waals surface area contributed by atoms with Gasteiger partial charge in [-0.3, -0.25) is 9.10 Å². The highest BCUT2D eigenvalue weighted by atomic mass is 35.5. The lowest BCUT2D eigenvalue weighted by atomic mass is 10.2. The van der Waals surface area contributed by atoms with Crippen LogP contribution in [0.4, 0.5) is 11.4 Å². The van der Waals surface area contributed by atoms with Crippen molar-refractivity contribution in [3.63, 3.8) is 0 Å². The molecule has 7 nitrogen and oxygen atoms in total. The number of hydrogen-bond donors (Lipinski definition) is 0. The molecule has 1 amide bonds. The monoisotopic (exact) mass is 533 g/mol. The van der Waals surface area contributed by atoms with Crippen LogP contribution in [0.1, 0.15) is 0 Å². The molecule has 0 atom stereocenters. The topological polar surface area (TPSA) is 70.2 Å². The van der Waals surface area contributed by atoms with Gasteiger partial charge in [-0.2, -0.15) is 0 Å². The number of carbonyl (C=O) groups is 1. The number of amides is 1. The Morgan fingerprint density at radius 3 is 2.26 bits per heavy atom. The molecule has 1 fully saturated rings. The molecule has 0 aromatic heterocycles. The van der Waals surface area contributed by atoms with Gasteiger partial charge in [0.25, 0.3) is 10.0 Å². The fraction of sp³-hybridized carbons (Fsp3) is 0.240. The molecule has 1 saturated heterocycles. The van der Waals surface area contributed by atoms with Crippen molar-refractivity contribution in [2.75, 3.05) is 49.0 Å². The van der Waals surface area contributed by atoms with Crippen LogP contribution < -0.4 is 13.9 Å². The number of sulfonamides is 1. The molecule has 0 saturated carbocycles. The number of rotatable bonds is 7. The molecule has 4 rings (SSSR count). The highest BCUT2D eigenvalue weighted by Crippen LogP contribution is 2.35. The minimum Gasteiger partial charge on any atom is -0.495 e. The molecule has 35 heavy (non-hydrogen) atoms. The van der Waals surface area contributed by atoms with Crippen LogP contribution in [0, 0.1) is 0 Å². The Morgan fingerprint density at radius 2 is 1.60 bits per heavy atom. The summed E-state index contributed by atoms with van der Waals surface area (Å²) in [5, 5.41) is 0.981. The maximum absolute atomic E-state index is 13.6. The van der Waals surface area contributed by atoms with Crippen molar-refractivity contribution in [3.05, 3.63) is 82.8 Å². The number of hydrogen-bond acceptors (Lipinski definition) is 5. The van der Waals surface area contributed by atoms with Gasteiger partial charge in [0.1, 0.15) is 12.3 Å². The maximum Gasteiger partial charge on any atom is 0.264 e. The van der Waals surface area contributed by atoms with E-state index in [1.165, 1.54) is 25.3 Å². The van der Waals surface area contributed by atoms with E-state index >= 15 is 0 Å². The van der Waals surface area contributed by atoms with Gasteiger partial charge in [-0.15, -0.1) is 0 Å². The van der Waals surface area contributed by atoms with E-state index in [1.807, 2.05) is 24.3 Å². The van der Waals surface area contributed by atoms with Gasteiger partial charge in [0.2, 0.25) is 5.91 Å².